The quantitative estimate of drug-likeness (QED) is 0.566. The van der Waals surface area contributed by atoms with Crippen LogP contribution in [0.3, 0.4) is 0 Å². The van der Waals surface area contributed by atoms with Crippen LogP contribution in [0.2, 0.25) is 0 Å². The molecule has 0 aromatic carbocycles. The van der Waals surface area contributed by atoms with Gasteiger partial charge in [0.15, 0.2) is 9.84 Å². The molecule has 1 saturated heterocycles. The Kier molecular flexibility index (Phi) is 2.99. The van der Waals surface area contributed by atoms with Crippen molar-refractivity contribution in [3.63, 3.8) is 0 Å². The van der Waals surface area contributed by atoms with Crippen molar-refractivity contribution in [1.29, 1.82) is 0 Å². The maximum atomic E-state index is 11.6. The summed E-state index contributed by atoms with van der Waals surface area (Å²) < 4.78 is 23.2. The molecule has 3 nitrogen and oxygen atoms in total. The fraction of sp³-hybridized carbons (Fsp3) is 0.778. The largest absolute Gasteiger partial charge is 0.290 e. The predicted molar refractivity (Wildman–Crippen MR) is 53.1 cm³/mol. The standard InChI is InChI=1S/C9H15NO2S/c1-4-5-10-6-8(2)13(11,12)9(3)7-10/h1,8-9H,5-7H2,2-3H3. The average molecular weight is 201 g/mol. The molecule has 0 spiro atoms. The van der Waals surface area contributed by atoms with Crippen LogP contribution in [0.25, 0.3) is 0 Å². The van der Waals surface area contributed by atoms with Crippen LogP contribution >= 0.6 is 0 Å². The van der Waals surface area contributed by atoms with Crippen molar-refractivity contribution in [3.8, 4) is 12.3 Å². The fourth-order valence-electron chi connectivity index (χ4n) is 1.66. The monoisotopic (exact) mass is 201 g/mol. The maximum absolute atomic E-state index is 11.6. The topological polar surface area (TPSA) is 37.4 Å². The second kappa shape index (κ2) is 3.69. The molecule has 0 N–H and O–H groups in total. The molecular formula is C9H15NO2S. The molecule has 74 valence electrons. The Morgan fingerprint density at radius 2 is 1.85 bits per heavy atom. The number of nitrogens with zero attached hydrogens (tertiary/aromatic N) is 1. The van der Waals surface area contributed by atoms with Gasteiger partial charge in [0.05, 0.1) is 17.0 Å². The van der Waals surface area contributed by atoms with Crippen LogP contribution in [-0.4, -0.2) is 43.5 Å². The Hall–Kier alpha value is -0.530. The molecule has 1 aliphatic heterocycles. The zero-order valence-electron chi connectivity index (χ0n) is 8.03. The van der Waals surface area contributed by atoms with Crippen molar-refractivity contribution in [2.75, 3.05) is 19.6 Å². The summed E-state index contributed by atoms with van der Waals surface area (Å²) in [5, 5.41) is -0.575. The minimum Gasteiger partial charge on any atom is -0.290 e. The van der Waals surface area contributed by atoms with Gasteiger partial charge < -0.3 is 0 Å². The van der Waals surface area contributed by atoms with Gasteiger partial charge in [0.25, 0.3) is 0 Å². The highest BCUT2D eigenvalue weighted by molar-refractivity contribution is 7.92. The second-order valence-electron chi connectivity index (χ2n) is 3.61. The van der Waals surface area contributed by atoms with Gasteiger partial charge in [0, 0.05) is 13.1 Å². The molecule has 0 amide bonds. The highest BCUT2D eigenvalue weighted by Gasteiger charge is 2.35. The highest BCUT2D eigenvalue weighted by atomic mass is 32.2. The van der Waals surface area contributed by atoms with E-state index in [9.17, 15) is 8.42 Å². The summed E-state index contributed by atoms with van der Waals surface area (Å²) in [7, 11) is -2.90. The van der Waals surface area contributed by atoms with Crippen LogP contribution < -0.4 is 0 Å². The molecule has 0 saturated carbocycles. The number of sulfone groups is 1. The Bertz CT molecular complexity index is 297. The molecule has 1 fully saturated rings. The number of hydrogen-bond acceptors (Lipinski definition) is 3. The molecule has 13 heavy (non-hydrogen) atoms. The summed E-state index contributed by atoms with van der Waals surface area (Å²) in [6, 6.07) is 0. The summed E-state index contributed by atoms with van der Waals surface area (Å²) in [6.45, 7) is 5.17. The number of terminal acetylenes is 1. The zero-order chi connectivity index (χ0) is 10.1. The van der Waals surface area contributed by atoms with Crippen molar-refractivity contribution in [2.45, 2.75) is 24.3 Å². The molecule has 0 aromatic rings. The van der Waals surface area contributed by atoms with E-state index < -0.39 is 9.84 Å². The van der Waals surface area contributed by atoms with E-state index in [1.54, 1.807) is 13.8 Å². The van der Waals surface area contributed by atoms with E-state index in [0.717, 1.165) is 0 Å². The second-order valence-corrected chi connectivity index (χ2v) is 6.40. The Morgan fingerprint density at radius 3 is 2.23 bits per heavy atom. The first-order chi connectivity index (χ1) is 5.98. The van der Waals surface area contributed by atoms with Gasteiger partial charge in [0.1, 0.15) is 0 Å². The van der Waals surface area contributed by atoms with Gasteiger partial charge in [-0.2, -0.15) is 0 Å². The number of hydrogen-bond donors (Lipinski definition) is 0. The predicted octanol–water partition coefficient (Wildman–Crippen LogP) is 0.127. The van der Waals surface area contributed by atoms with E-state index in [-0.39, 0.29) is 10.5 Å². The minimum absolute atomic E-state index is 0.287. The van der Waals surface area contributed by atoms with E-state index in [1.165, 1.54) is 0 Å². The molecule has 2 unspecified atom stereocenters. The van der Waals surface area contributed by atoms with Gasteiger partial charge in [-0.1, -0.05) is 5.92 Å². The van der Waals surface area contributed by atoms with Crippen LogP contribution in [0, 0.1) is 12.3 Å². The first kappa shape index (κ1) is 10.6. The number of rotatable bonds is 1. The van der Waals surface area contributed by atoms with Crippen molar-refractivity contribution < 1.29 is 8.42 Å². The van der Waals surface area contributed by atoms with Crippen LogP contribution in [0.5, 0.6) is 0 Å². The lowest BCUT2D eigenvalue weighted by atomic mass is 10.3. The van der Waals surface area contributed by atoms with Crippen molar-refractivity contribution in [1.82, 2.24) is 4.90 Å². The highest BCUT2D eigenvalue weighted by Crippen LogP contribution is 2.17. The van der Waals surface area contributed by atoms with Crippen LogP contribution in [0.4, 0.5) is 0 Å². The van der Waals surface area contributed by atoms with Crippen molar-refractivity contribution in [3.05, 3.63) is 0 Å². The lowest BCUT2D eigenvalue weighted by Crippen LogP contribution is -2.50. The van der Waals surface area contributed by atoms with E-state index in [2.05, 4.69) is 5.92 Å². The third-order valence-electron chi connectivity index (χ3n) is 2.47. The fourth-order valence-corrected chi connectivity index (χ4v) is 3.29. The van der Waals surface area contributed by atoms with Crippen LogP contribution in [0.1, 0.15) is 13.8 Å². The van der Waals surface area contributed by atoms with E-state index in [1.807, 2.05) is 4.90 Å². The lowest BCUT2D eigenvalue weighted by Gasteiger charge is -2.33. The smallest absolute Gasteiger partial charge is 0.157 e. The average Bonchev–Trinajstić information content (AvgIpc) is 2.02. The molecule has 0 aliphatic carbocycles. The van der Waals surface area contributed by atoms with E-state index >= 15 is 0 Å². The van der Waals surface area contributed by atoms with E-state index in [0.29, 0.717) is 19.6 Å². The molecule has 1 aliphatic rings. The van der Waals surface area contributed by atoms with Gasteiger partial charge in [0.2, 0.25) is 0 Å². The molecule has 2 atom stereocenters. The zero-order valence-corrected chi connectivity index (χ0v) is 8.84. The SMILES string of the molecule is C#CCN1CC(C)S(=O)(=O)C(C)C1. The Labute approximate surface area is 80.0 Å². The van der Waals surface area contributed by atoms with Gasteiger partial charge in [-0.3, -0.25) is 4.90 Å². The molecule has 1 heterocycles. The molecule has 0 bridgehead atoms. The van der Waals surface area contributed by atoms with Crippen molar-refractivity contribution >= 4 is 9.84 Å². The van der Waals surface area contributed by atoms with Crippen molar-refractivity contribution in [2.24, 2.45) is 0 Å². The molecule has 0 radical (unpaired) electrons. The summed E-state index contributed by atoms with van der Waals surface area (Å²) in [6.07, 6.45) is 5.18. The summed E-state index contributed by atoms with van der Waals surface area (Å²) in [4.78, 5) is 2.01. The van der Waals surface area contributed by atoms with Gasteiger partial charge in [-0.15, -0.1) is 6.42 Å². The van der Waals surface area contributed by atoms with Gasteiger partial charge >= 0.3 is 0 Å². The van der Waals surface area contributed by atoms with Crippen LogP contribution in [-0.2, 0) is 9.84 Å². The summed E-state index contributed by atoms with van der Waals surface area (Å²) in [5.41, 5.74) is 0. The first-order valence-corrected chi connectivity index (χ1v) is 5.98. The maximum Gasteiger partial charge on any atom is 0.157 e. The molecular weight excluding hydrogens is 186 g/mol. The minimum atomic E-state index is -2.90. The van der Waals surface area contributed by atoms with Crippen LogP contribution in [0.15, 0.2) is 0 Å². The molecule has 0 aromatic heterocycles. The van der Waals surface area contributed by atoms with Gasteiger partial charge in [-0.25, -0.2) is 8.42 Å². The summed E-state index contributed by atoms with van der Waals surface area (Å²) >= 11 is 0. The lowest BCUT2D eigenvalue weighted by molar-refractivity contribution is 0.291. The summed E-state index contributed by atoms with van der Waals surface area (Å²) in [5.74, 6) is 2.54. The van der Waals surface area contributed by atoms with E-state index in [4.69, 9.17) is 6.42 Å². The molecule has 1 rings (SSSR count). The molecule has 4 heteroatoms. The van der Waals surface area contributed by atoms with Gasteiger partial charge in [-0.05, 0) is 13.8 Å². The third kappa shape index (κ3) is 2.04. The first-order valence-electron chi connectivity index (χ1n) is 4.37. The normalized spacial score (nSPS) is 33.9. The third-order valence-corrected chi connectivity index (χ3v) is 5.01. The Balaban J connectivity index is 2.75. The Morgan fingerprint density at radius 1 is 1.38 bits per heavy atom.